The van der Waals surface area contributed by atoms with E-state index in [1.54, 1.807) is 0 Å². The molecule has 6 nitrogen and oxygen atoms in total. The van der Waals surface area contributed by atoms with Gasteiger partial charge in [-0.2, -0.15) is 0 Å². The average Bonchev–Trinajstić information content (AvgIpc) is 0. The molecule has 0 saturated heterocycles. The Bertz CT molecular complexity index is 15.7. The first-order chi connectivity index (χ1) is 0. The molecule has 0 heterocycles. The molecule has 0 unspecified atom stereocenters. The standard InChI is InChI=1S/BrH.2ClH.6H2O.Sr.2H/h3*1H;6*1H2;;;. The topological polar surface area (TPSA) is 189 Å². The summed E-state index contributed by atoms with van der Waals surface area (Å²) in [5.74, 6) is 0. The van der Waals surface area contributed by atoms with Crippen molar-refractivity contribution in [2.24, 2.45) is 0 Å². The van der Waals surface area contributed by atoms with E-state index in [0.717, 1.165) is 0 Å². The molecule has 76 valence electrons. The molecule has 0 aromatic rings. The molecular weight excluding hydrogens is 334 g/mol. The van der Waals surface area contributed by atoms with Crippen LogP contribution in [0.25, 0.3) is 0 Å². The van der Waals surface area contributed by atoms with Crippen molar-refractivity contribution in [2.45, 2.75) is 0 Å². The molecule has 0 aliphatic rings. The van der Waals surface area contributed by atoms with Gasteiger partial charge in [0.2, 0.25) is 0 Å². The van der Waals surface area contributed by atoms with E-state index in [2.05, 4.69) is 0 Å². The molecule has 0 spiro atoms. The summed E-state index contributed by atoms with van der Waals surface area (Å²) in [7, 11) is 0. The zero-order valence-corrected chi connectivity index (χ0v) is 7.57. The Morgan fingerprint density at radius 2 is 0.400 bits per heavy atom. The van der Waals surface area contributed by atoms with Gasteiger partial charge >= 0.3 is 45.5 Å². The van der Waals surface area contributed by atoms with Crippen molar-refractivity contribution in [2.75, 3.05) is 0 Å². The SMILES string of the molecule is Br.Cl.Cl.O.O.O.O.O.O.[SrH2]. The summed E-state index contributed by atoms with van der Waals surface area (Å²) in [6, 6.07) is 0. The molecule has 0 rings (SSSR count). The Kier molecular flexibility index (Phi) is 6720. The van der Waals surface area contributed by atoms with Gasteiger partial charge in [0.1, 0.15) is 0 Å². The molecule has 0 saturated carbocycles. The van der Waals surface area contributed by atoms with Crippen molar-refractivity contribution in [3.8, 4) is 0 Å². The molecule has 0 radical (unpaired) electrons. The van der Waals surface area contributed by atoms with Gasteiger partial charge in [-0.05, 0) is 0 Å². The van der Waals surface area contributed by atoms with Crippen LogP contribution < -0.4 is 0 Å². The second-order valence-electron chi connectivity index (χ2n) is 0. The number of hydrogen-bond donors (Lipinski definition) is 0. The first-order valence-corrected chi connectivity index (χ1v) is 0. The zero-order valence-electron chi connectivity index (χ0n) is 4.22. The Labute approximate surface area is 118 Å². The molecule has 0 aromatic carbocycles. The molecule has 10 heavy (non-hydrogen) atoms. The second-order valence-corrected chi connectivity index (χ2v) is 0. The minimum atomic E-state index is 0. The number of hydrogen-bond acceptors (Lipinski definition) is 0. The predicted octanol–water partition coefficient (Wildman–Crippen LogP) is -4.44. The maximum atomic E-state index is 0. The predicted molar refractivity (Wildman–Crippen MR) is 55.0 cm³/mol. The van der Waals surface area contributed by atoms with Gasteiger partial charge in [-0.1, -0.05) is 0 Å². The van der Waals surface area contributed by atoms with Gasteiger partial charge in [0, 0.05) is 0 Å². The summed E-state index contributed by atoms with van der Waals surface area (Å²) < 4.78 is 0. The molecule has 0 aromatic heterocycles. The molecule has 0 amide bonds. The van der Waals surface area contributed by atoms with Gasteiger partial charge < -0.3 is 32.9 Å². The van der Waals surface area contributed by atoms with Crippen molar-refractivity contribution in [1.82, 2.24) is 0 Å². The quantitative estimate of drug-likeness (QED) is 0.381. The zero-order chi connectivity index (χ0) is 0. The van der Waals surface area contributed by atoms with Crippen LogP contribution in [0.1, 0.15) is 0 Å². The van der Waals surface area contributed by atoms with E-state index in [4.69, 9.17) is 0 Å². The molecule has 12 N–H and O–H groups in total. The van der Waals surface area contributed by atoms with Crippen molar-refractivity contribution in [3.63, 3.8) is 0 Å². The molecular formula is H17BrCl2O6Sr. The summed E-state index contributed by atoms with van der Waals surface area (Å²) in [6.45, 7) is 0. The van der Waals surface area contributed by atoms with Gasteiger partial charge in [-0.3, -0.25) is 0 Å². The number of halogens is 3. The Balaban J connectivity index is 0. The van der Waals surface area contributed by atoms with E-state index in [-0.39, 0.29) is 120 Å². The van der Waals surface area contributed by atoms with Crippen LogP contribution in [0.3, 0.4) is 0 Å². The second kappa shape index (κ2) is 227. The third-order valence-electron chi connectivity index (χ3n) is 0. The molecule has 0 fully saturated rings. The fourth-order valence-corrected chi connectivity index (χ4v) is 0. The van der Waals surface area contributed by atoms with Gasteiger partial charge in [0.15, 0.2) is 0 Å². The van der Waals surface area contributed by atoms with Crippen LogP contribution in [0, 0.1) is 0 Å². The van der Waals surface area contributed by atoms with Crippen LogP contribution >= 0.6 is 41.8 Å². The maximum absolute atomic E-state index is 0. The first kappa shape index (κ1) is 297. The van der Waals surface area contributed by atoms with Gasteiger partial charge in [0.25, 0.3) is 0 Å². The van der Waals surface area contributed by atoms with E-state index < -0.39 is 0 Å². The third kappa shape index (κ3) is 168. The first-order valence-electron chi connectivity index (χ1n) is 0. The van der Waals surface area contributed by atoms with Crippen LogP contribution in [0.4, 0.5) is 0 Å². The monoisotopic (exact) mass is 350 g/mol. The van der Waals surface area contributed by atoms with E-state index in [1.165, 1.54) is 0 Å². The fourth-order valence-electron chi connectivity index (χ4n) is 0. The summed E-state index contributed by atoms with van der Waals surface area (Å²) >= 11 is 0. The summed E-state index contributed by atoms with van der Waals surface area (Å²) in [4.78, 5) is 0. The van der Waals surface area contributed by atoms with Crippen LogP contribution in [0.15, 0.2) is 0 Å². The Morgan fingerprint density at radius 1 is 0.400 bits per heavy atom. The van der Waals surface area contributed by atoms with Crippen molar-refractivity contribution in [1.29, 1.82) is 0 Å². The summed E-state index contributed by atoms with van der Waals surface area (Å²) in [5, 5.41) is 0. The summed E-state index contributed by atoms with van der Waals surface area (Å²) in [5.41, 5.74) is 0. The van der Waals surface area contributed by atoms with Crippen molar-refractivity contribution < 1.29 is 32.9 Å². The fraction of sp³-hybridized carbons (Fsp3) is 0. The van der Waals surface area contributed by atoms with E-state index in [9.17, 15) is 0 Å². The van der Waals surface area contributed by atoms with Crippen LogP contribution in [-0.2, 0) is 0 Å². The van der Waals surface area contributed by atoms with E-state index >= 15 is 0 Å². The molecule has 0 aliphatic heterocycles. The molecule has 0 bridgehead atoms. The Hall–Kier alpha value is 2.30. The average molecular weight is 352 g/mol. The van der Waals surface area contributed by atoms with Gasteiger partial charge in [-0.25, -0.2) is 0 Å². The van der Waals surface area contributed by atoms with E-state index in [0.29, 0.717) is 0 Å². The minimum absolute atomic E-state index is 0. The van der Waals surface area contributed by atoms with Crippen molar-refractivity contribution in [3.05, 3.63) is 0 Å². The molecule has 10 heteroatoms. The number of rotatable bonds is 0. The van der Waals surface area contributed by atoms with E-state index in [1.807, 2.05) is 0 Å². The van der Waals surface area contributed by atoms with Gasteiger partial charge in [-0.15, -0.1) is 41.8 Å². The molecule has 0 atom stereocenters. The Morgan fingerprint density at radius 3 is 0.400 bits per heavy atom. The third-order valence-corrected chi connectivity index (χ3v) is 0. The summed E-state index contributed by atoms with van der Waals surface area (Å²) in [6.07, 6.45) is 0. The van der Waals surface area contributed by atoms with Gasteiger partial charge in [0.05, 0.1) is 0 Å². The van der Waals surface area contributed by atoms with Crippen LogP contribution in [0.5, 0.6) is 0 Å². The molecule has 0 aliphatic carbocycles. The van der Waals surface area contributed by atoms with Crippen LogP contribution in [0.2, 0.25) is 0 Å². The van der Waals surface area contributed by atoms with Crippen molar-refractivity contribution >= 4 is 87.3 Å². The van der Waals surface area contributed by atoms with Crippen LogP contribution in [-0.4, -0.2) is 78.3 Å². The normalized spacial score (nSPS) is 0.